The number of hydrogen-bond donors (Lipinski definition) is 2. The van der Waals surface area contributed by atoms with Crippen LogP contribution in [0.5, 0.6) is 0 Å². The van der Waals surface area contributed by atoms with Gasteiger partial charge in [0.2, 0.25) is 5.95 Å². The molecular weight excluding hydrogens is 222 g/mol. The van der Waals surface area contributed by atoms with Gasteiger partial charge in [-0.1, -0.05) is 13.8 Å². The van der Waals surface area contributed by atoms with Crippen LogP contribution in [0, 0.1) is 0 Å². The highest BCUT2D eigenvalue weighted by Crippen LogP contribution is 2.32. The van der Waals surface area contributed by atoms with Crippen LogP contribution in [0.4, 0.5) is 11.8 Å². The highest BCUT2D eigenvalue weighted by atomic mass is 32.1. The lowest BCUT2D eigenvalue weighted by atomic mass is 10.1. The van der Waals surface area contributed by atoms with Crippen molar-refractivity contribution in [2.75, 3.05) is 24.7 Å². The molecule has 0 radical (unpaired) electrons. The molecule has 0 aliphatic carbocycles. The third-order valence-corrected chi connectivity index (χ3v) is 3.13. The first-order valence-electron chi connectivity index (χ1n) is 5.20. The minimum Gasteiger partial charge on any atom is -0.372 e. The van der Waals surface area contributed by atoms with Crippen molar-refractivity contribution >= 4 is 33.5 Å². The van der Waals surface area contributed by atoms with E-state index < -0.39 is 0 Å². The molecule has 0 fully saturated rings. The summed E-state index contributed by atoms with van der Waals surface area (Å²) in [5, 5.41) is 7.09. The lowest BCUT2D eigenvalue weighted by Crippen LogP contribution is -2.02. The molecule has 0 atom stereocenters. The third-order valence-electron chi connectivity index (χ3n) is 2.37. The van der Waals surface area contributed by atoms with Crippen LogP contribution in [0.1, 0.15) is 25.5 Å². The van der Waals surface area contributed by atoms with E-state index in [1.165, 1.54) is 11.5 Å². The Bertz CT molecular complexity index is 505. The summed E-state index contributed by atoms with van der Waals surface area (Å²) in [7, 11) is 3.67. The van der Waals surface area contributed by atoms with Crippen molar-refractivity contribution in [3.63, 3.8) is 0 Å². The highest BCUT2D eigenvalue weighted by Gasteiger charge is 2.16. The first kappa shape index (κ1) is 11.1. The zero-order valence-corrected chi connectivity index (χ0v) is 10.6. The largest absolute Gasteiger partial charge is 0.372 e. The number of rotatable bonds is 3. The lowest BCUT2D eigenvalue weighted by Gasteiger charge is -2.07. The summed E-state index contributed by atoms with van der Waals surface area (Å²) in [6, 6.07) is 0. The molecule has 2 N–H and O–H groups in total. The quantitative estimate of drug-likeness (QED) is 0.857. The molecule has 0 saturated heterocycles. The van der Waals surface area contributed by atoms with Crippen LogP contribution in [0.15, 0.2) is 0 Å². The molecular formula is C10H15N5S. The molecule has 2 rings (SSSR count). The van der Waals surface area contributed by atoms with Gasteiger partial charge in [-0.15, -0.1) is 0 Å². The van der Waals surface area contributed by atoms with Gasteiger partial charge in [-0.2, -0.15) is 9.36 Å². The summed E-state index contributed by atoms with van der Waals surface area (Å²) >= 11 is 1.42. The van der Waals surface area contributed by atoms with Gasteiger partial charge in [-0.05, 0) is 17.5 Å². The zero-order valence-electron chi connectivity index (χ0n) is 9.83. The molecule has 0 unspecified atom stereocenters. The van der Waals surface area contributed by atoms with Crippen molar-refractivity contribution in [1.82, 2.24) is 14.3 Å². The molecule has 0 saturated carbocycles. The van der Waals surface area contributed by atoms with Crippen LogP contribution in [-0.2, 0) is 0 Å². The fourth-order valence-corrected chi connectivity index (χ4v) is 2.47. The van der Waals surface area contributed by atoms with E-state index in [1.54, 1.807) is 0 Å². The number of nitrogens with zero attached hydrogens (tertiary/aromatic N) is 3. The Morgan fingerprint density at radius 1 is 1.12 bits per heavy atom. The Morgan fingerprint density at radius 2 is 1.88 bits per heavy atom. The summed E-state index contributed by atoms with van der Waals surface area (Å²) in [5.41, 5.74) is 1.06. The van der Waals surface area contributed by atoms with Crippen LogP contribution in [0.25, 0.3) is 10.2 Å². The summed E-state index contributed by atoms with van der Waals surface area (Å²) in [6.45, 7) is 4.25. The Kier molecular flexibility index (Phi) is 2.91. The van der Waals surface area contributed by atoms with E-state index in [1.807, 2.05) is 14.1 Å². The van der Waals surface area contributed by atoms with Crippen LogP contribution in [-0.4, -0.2) is 28.4 Å². The Balaban J connectivity index is 2.72. The predicted octanol–water partition coefficient (Wildman–Crippen LogP) is 2.29. The fourth-order valence-electron chi connectivity index (χ4n) is 1.56. The standard InChI is InChI=1S/C10H15N5S/c1-5(2)7-6-8(11-3)13-10(12-4)14-9(6)16-15-7/h5H,1-4H3,(H2,11,12,13,14). The van der Waals surface area contributed by atoms with Crippen molar-refractivity contribution in [3.05, 3.63) is 5.69 Å². The average molecular weight is 237 g/mol. The Morgan fingerprint density at radius 3 is 2.44 bits per heavy atom. The third kappa shape index (κ3) is 1.69. The average Bonchev–Trinajstić information content (AvgIpc) is 2.71. The number of aromatic nitrogens is 3. The van der Waals surface area contributed by atoms with Crippen LogP contribution in [0.2, 0.25) is 0 Å². The van der Waals surface area contributed by atoms with Gasteiger partial charge in [0.1, 0.15) is 5.82 Å². The van der Waals surface area contributed by atoms with E-state index in [9.17, 15) is 0 Å². The van der Waals surface area contributed by atoms with Gasteiger partial charge in [-0.3, -0.25) is 0 Å². The van der Waals surface area contributed by atoms with E-state index in [0.717, 1.165) is 21.7 Å². The second-order valence-electron chi connectivity index (χ2n) is 3.80. The van der Waals surface area contributed by atoms with Crippen molar-refractivity contribution in [1.29, 1.82) is 0 Å². The van der Waals surface area contributed by atoms with Crippen LogP contribution in [0.3, 0.4) is 0 Å². The molecule has 0 amide bonds. The van der Waals surface area contributed by atoms with Crippen molar-refractivity contribution < 1.29 is 0 Å². The molecule has 0 aromatic carbocycles. The molecule has 0 spiro atoms. The smallest absolute Gasteiger partial charge is 0.225 e. The number of anilines is 2. The summed E-state index contributed by atoms with van der Waals surface area (Å²) in [4.78, 5) is 9.71. The van der Waals surface area contributed by atoms with Gasteiger partial charge < -0.3 is 10.6 Å². The van der Waals surface area contributed by atoms with Crippen molar-refractivity contribution in [2.45, 2.75) is 19.8 Å². The van der Waals surface area contributed by atoms with E-state index >= 15 is 0 Å². The monoisotopic (exact) mass is 237 g/mol. The predicted molar refractivity (Wildman–Crippen MR) is 68.4 cm³/mol. The van der Waals surface area contributed by atoms with Gasteiger partial charge in [-0.25, -0.2) is 4.98 Å². The topological polar surface area (TPSA) is 62.7 Å². The molecule has 0 aliphatic heterocycles. The van der Waals surface area contributed by atoms with Crippen LogP contribution >= 0.6 is 11.5 Å². The SMILES string of the molecule is CNc1nc(NC)c2c(C(C)C)nsc2n1. The minimum absolute atomic E-state index is 0.380. The number of hydrogen-bond acceptors (Lipinski definition) is 6. The number of fused-ring (bicyclic) bond motifs is 1. The van der Waals surface area contributed by atoms with E-state index in [-0.39, 0.29) is 0 Å². The zero-order chi connectivity index (χ0) is 11.7. The van der Waals surface area contributed by atoms with E-state index in [0.29, 0.717) is 11.9 Å². The van der Waals surface area contributed by atoms with Crippen molar-refractivity contribution in [3.8, 4) is 0 Å². The molecule has 86 valence electrons. The second-order valence-corrected chi connectivity index (χ2v) is 4.55. The Hall–Kier alpha value is -1.43. The van der Waals surface area contributed by atoms with Crippen molar-refractivity contribution in [2.24, 2.45) is 0 Å². The Labute approximate surface area is 98.5 Å². The maximum Gasteiger partial charge on any atom is 0.225 e. The molecule has 0 bridgehead atoms. The molecule has 2 aromatic heterocycles. The summed E-state index contributed by atoms with van der Waals surface area (Å²) in [6.07, 6.45) is 0. The molecule has 2 aromatic rings. The van der Waals surface area contributed by atoms with Gasteiger partial charge in [0.05, 0.1) is 11.1 Å². The first-order valence-corrected chi connectivity index (χ1v) is 5.97. The van der Waals surface area contributed by atoms with E-state index in [4.69, 9.17) is 0 Å². The first-order chi connectivity index (χ1) is 7.67. The molecule has 0 aliphatic rings. The van der Waals surface area contributed by atoms with Crippen LogP contribution < -0.4 is 10.6 Å². The minimum atomic E-state index is 0.380. The van der Waals surface area contributed by atoms with E-state index in [2.05, 4.69) is 38.8 Å². The maximum atomic E-state index is 4.45. The normalized spacial score (nSPS) is 11.1. The van der Waals surface area contributed by atoms with Gasteiger partial charge in [0.15, 0.2) is 4.83 Å². The fraction of sp³-hybridized carbons (Fsp3) is 0.500. The summed E-state index contributed by atoms with van der Waals surface area (Å²) < 4.78 is 4.45. The summed E-state index contributed by atoms with van der Waals surface area (Å²) in [5.74, 6) is 1.84. The van der Waals surface area contributed by atoms with Gasteiger partial charge >= 0.3 is 0 Å². The maximum absolute atomic E-state index is 4.45. The number of nitrogens with one attached hydrogen (secondary N) is 2. The van der Waals surface area contributed by atoms with Gasteiger partial charge in [0.25, 0.3) is 0 Å². The second kappa shape index (κ2) is 4.21. The highest BCUT2D eigenvalue weighted by molar-refractivity contribution is 7.13. The molecule has 5 nitrogen and oxygen atoms in total. The molecule has 6 heteroatoms. The lowest BCUT2D eigenvalue weighted by molar-refractivity contribution is 0.849. The molecule has 16 heavy (non-hydrogen) atoms. The van der Waals surface area contributed by atoms with Gasteiger partial charge in [0, 0.05) is 14.1 Å². The molecule has 2 heterocycles.